The molecule has 0 aliphatic heterocycles. The van der Waals surface area contributed by atoms with Crippen LogP contribution in [0.2, 0.25) is 0 Å². The second-order valence-corrected chi connectivity index (χ2v) is 6.26. The van der Waals surface area contributed by atoms with Crippen LogP contribution in [0, 0.1) is 25.5 Å². The lowest BCUT2D eigenvalue weighted by atomic mass is 9.99. The molecule has 0 fully saturated rings. The fraction of sp³-hybridized carbons (Fsp3) is 0.182. The van der Waals surface area contributed by atoms with Crippen molar-refractivity contribution in [3.8, 4) is 11.1 Å². The van der Waals surface area contributed by atoms with E-state index in [4.69, 9.17) is 0 Å². The summed E-state index contributed by atoms with van der Waals surface area (Å²) in [6.07, 6.45) is 1.45. The van der Waals surface area contributed by atoms with Crippen molar-refractivity contribution in [2.24, 2.45) is 0 Å². The number of hydrogen-bond acceptors (Lipinski definition) is 0. The van der Waals surface area contributed by atoms with Gasteiger partial charge in [-0.2, -0.15) is 0 Å². The van der Waals surface area contributed by atoms with Gasteiger partial charge in [0.1, 0.15) is 11.6 Å². The highest BCUT2D eigenvalue weighted by atomic mass is 19.1. The molecule has 0 atom stereocenters. The minimum Gasteiger partial charge on any atom is -0.207 e. The maximum atomic E-state index is 14.4. The Morgan fingerprint density at radius 1 is 0.667 bits per heavy atom. The smallest absolute Gasteiger partial charge is 0.127 e. The zero-order chi connectivity index (χ0) is 17.1. The van der Waals surface area contributed by atoms with E-state index in [1.165, 1.54) is 23.3 Å². The van der Waals surface area contributed by atoms with E-state index in [9.17, 15) is 8.78 Å². The van der Waals surface area contributed by atoms with Crippen LogP contribution >= 0.6 is 0 Å². The van der Waals surface area contributed by atoms with E-state index in [2.05, 4.69) is 31.2 Å². The van der Waals surface area contributed by atoms with Crippen LogP contribution in [0.4, 0.5) is 8.78 Å². The third kappa shape index (κ3) is 3.70. The van der Waals surface area contributed by atoms with Crippen molar-refractivity contribution in [2.45, 2.75) is 26.7 Å². The Bertz CT molecular complexity index is 848. The number of rotatable bonds is 4. The van der Waals surface area contributed by atoms with Gasteiger partial charge in [-0.3, -0.25) is 0 Å². The highest BCUT2D eigenvalue weighted by Gasteiger charge is 2.07. The van der Waals surface area contributed by atoms with Gasteiger partial charge in [0.05, 0.1) is 0 Å². The molecule has 0 aliphatic rings. The standard InChI is InChI=1S/C22H20F2/c1-15-3-6-17(7-4-15)8-10-18-11-12-20(14-22(18)24)19-9-5-16(2)21(23)13-19/h3-7,9,11-14H,8,10H2,1-2H3. The predicted octanol–water partition coefficient (Wildman–Crippen LogP) is 6.03. The van der Waals surface area contributed by atoms with Gasteiger partial charge in [0.2, 0.25) is 0 Å². The predicted molar refractivity (Wildman–Crippen MR) is 95.1 cm³/mol. The summed E-state index contributed by atoms with van der Waals surface area (Å²) < 4.78 is 28.1. The molecule has 24 heavy (non-hydrogen) atoms. The number of benzene rings is 3. The largest absolute Gasteiger partial charge is 0.207 e. The summed E-state index contributed by atoms with van der Waals surface area (Å²) in [5, 5.41) is 0. The Hall–Kier alpha value is -2.48. The third-order valence-corrected chi connectivity index (χ3v) is 4.36. The van der Waals surface area contributed by atoms with Gasteiger partial charge in [-0.1, -0.05) is 54.1 Å². The van der Waals surface area contributed by atoms with Crippen molar-refractivity contribution in [2.75, 3.05) is 0 Å². The molecule has 122 valence electrons. The fourth-order valence-corrected chi connectivity index (χ4v) is 2.74. The van der Waals surface area contributed by atoms with Crippen molar-refractivity contribution in [1.29, 1.82) is 0 Å². The average molecular weight is 322 g/mol. The summed E-state index contributed by atoms with van der Waals surface area (Å²) in [6.45, 7) is 3.77. The van der Waals surface area contributed by atoms with Gasteiger partial charge in [-0.05, 0) is 66.6 Å². The highest BCUT2D eigenvalue weighted by Crippen LogP contribution is 2.24. The molecule has 3 rings (SSSR count). The minimum atomic E-state index is -0.267. The first-order valence-electron chi connectivity index (χ1n) is 8.13. The summed E-state index contributed by atoms with van der Waals surface area (Å²) in [5.74, 6) is -0.503. The van der Waals surface area contributed by atoms with Crippen molar-refractivity contribution in [1.82, 2.24) is 0 Å². The second kappa shape index (κ2) is 6.96. The Morgan fingerprint density at radius 3 is 1.92 bits per heavy atom. The lowest BCUT2D eigenvalue weighted by molar-refractivity contribution is 0.608. The Balaban J connectivity index is 1.76. The van der Waals surface area contributed by atoms with Gasteiger partial charge in [0, 0.05) is 0 Å². The molecule has 0 radical (unpaired) electrons. The highest BCUT2D eigenvalue weighted by molar-refractivity contribution is 5.64. The number of aryl methyl sites for hydroxylation is 4. The molecule has 0 N–H and O–H groups in total. The van der Waals surface area contributed by atoms with Crippen LogP contribution in [0.5, 0.6) is 0 Å². The molecule has 0 aliphatic carbocycles. The van der Waals surface area contributed by atoms with E-state index in [0.29, 0.717) is 28.7 Å². The van der Waals surface area contributed by atoms with E-state index in [1.807, 2.05) is 12.1 Å². The first kappa shape index (κ1) is 16.4. The topological polar surface area (TPSA) is 0 Å². The molecule has 0 aromatic heterocycles. The zero-order valence-corrected chi connectivity index (χ0v) is 13.9. The van der Waals surface area contributed by atoms with Crippen LogP contribution in [-0.2, 0) is 12.8 Å². The van der Waals surface area contributed by atoms with Gasteiger partial charge in [0.15, 0.2) is 0 Å². The van der Waals surface area contributed by atoms with Gasteiger partial charge in [-0.15, -0.1) is 0 Å². The first-order chi connectivity index (χ1) is 11.5. The first-order valence-corrected chi connectivity index (χ1v) is 8.13. The summed E-state index contributed by atoms with van der Waals surface area (Å²) in [4.78, 5) is 0. The molecule has 0 saturated heterocycles. The lowest BCUT2D eigenvalue weighted by Crippen LogP contribution is -1.96. The van der Waals surface area contributed by atoms with E-state index >= 15 is 0 Å². The molecule has 3 aromatic rings. The Kier molecular flexibility index (Phi) is 4.75. The molecule has 0 unspecified atom stereocenters. The molecular weight excluding hydrogens is 302 g/mol. The van der Waals surface area contributed by atoms with Crippen LogP contribution in [-0.4, -0.2) is 0 Å². The maximum Gasteiger partial charge on any atom is 0.127 e. The van der Waals surface area contributed by atoms with E-state index in [-0.39, 0.29) is 11.6 Å². The van der Waals surface area contributed by atoms with Crippen LogP contribution in [0.1, 0.15) is 22.3 Å². The molecule has 3 aromatic carbocycles. The van der Waals surface area contributed by atoms with Gasteiger partial charge < -0.3 is 0 Å². The number of hydrogen-bond donors (Lipinski definition) is 0. The molecule has 0 nitrogen and oxygen atoms in total. The normalized spacial score (nSPS) is 10.8. The molecule has 2 heteroatoms. The Labute approximate surface area is 141 Å². The van der Waals surface area contributed by atoms with Crippen molar-refractivity contribution < 1.29 is 8.78 Å². The summed E-state index contributed by atoms with van der Waals surface area (Å²) >= 11 is 0. The maximum absolute atomic E-state index is 14.4. The summed E-state index contributed by atoms with van der Waals surface area (Å²) in [5.41, 5.74) is 5.10. The SMILES string of the molecule is Cc1ccc(CCc2ccc(-c3ccc(C)c(F)c3)cc2F)cc1. The number of halogens is 2. The molecular formula is C22H20F2. The quantitative estimate of drug-likeness (QED) is 0.550. The van der Waals surface area contributed by atoms with Crippen molar-refractivity contribution in [3.05, 3.63) is 94.6 Å². The second-order valence-electron chi connectivity index (χ2n) is 6.26. The molecule has 0 heterocycles. The van der Waals surface area contributed by atoms with Crippen LogP contribution in [0.25, 0.3) is 11.1 Å². The Morgan fingerprint density at radius 2 is 1.29 bits per heavy atom. The molecule has 0 saturated carbocycles. The van der Waals surface area contributed by atoms with Gasteiger partial charge >= 0.3 is 0 Å². The molecule has 0 bridgehead atoms. The average Bonchev–Trinajstić information content (AvgIpc) is 2.58. The van der Waals surface area contributed by atoms with Gasteiger partial charge in [0.25, 0.3) is 0 Å². The monoisotopic (exact) mass is 322 g/mol. The fourth-order valence-electron chi connectivity index (χ4n) is 2.74. The van der Waals surface area contributed by atoms with E-state index < -0.39 is 0 Å². The van der Waals surface area contributed by atoms with Crippen LogP contribution < -0.4 is 0 Å². The van der Waals surface area contributed by atoms with Gasteiger partial charge in [-0.25, -0.2) is 8.78 Å². The van der Waals surface area contributed by atoms with Crippen molar-refractivity contribution >= 4 is 0 Å². The lowest BCUT2D eigenvalue weighted by Gasteiger charge is -2.08. The molecule has 0 spiro atoms. The summed E-state index contributed by atoms with van der Waals surface area (Å²) in [6, 6.07) is 18.4. The van der Waals surface area contributed by atoms with E-state index in [0.717, 1.165) is 6.42 Å². The zero-order valence-electron chi connectivity index (χ0n) is 13.9. The minimum absolute atomic E-state index is 0.236. The van der Waals surface area contributed by atoms with E-state index in [1.54, 1.807) is 19.1 Å². The van der Waals surface area contributed by atoms with Crippen molar-refractivity contribution in [3.63, 3.8) is 0 Å². The summed E-state index contributed by atoms with van der Waals surface area (Å²) in [7, 11) is 0. The van der Waals surface area contributed by atoms with Crippen LogP contribution in [0.3, 0.4) is 0 Å². The third-order valence-electron chi connectivity index (χ3n) is 4.36. The molecule has 0 amide bonds. The van der Waals surface area contributed by atoms with Crippen LogP contribution in [0.15, 0.2) is 60.7 Å².